The van der Waals surface area contributed by atoms with Gasteiger partial charge in [-0.3, -0.25) is 4.98 Å². The summed E-state index contributed by atoms with van der Waals surface area (Å²) in [5, 5.41) is 12.2. The van der Waals surface area contributed by atoms with Crippen molar-refractivity contribution in [1.29, 1.82) is 0 Å². The van der Waals surface area contributed by atoms with Gasteiger partial charge >= 0.3 is 0 Å². The van der Waals surface area contributed by atoms with Crippen LogP contribution in [-0.4, -0.2) is 54.7 Å². The van der Waals surface area contributed by atoms with E-state index in [0.717, 1.165) is 11.8 Å². The number of hydrogen-bond acceptors (Lipinski definition) is 7. The highest BCUT2D eigenvalue weighted by Gasteiger charge is 2.33. The van der Waals surface area contributed by atoms with Crippen molar-refractivity contribution < 1.29 is 22.6 Å². The summed E-state index contributed by atoms with van der Waals surface area (Å²) >= 11 is 0. The number of pyridine rings is 1. The number of anilines is 2. The highest BCUT2D eigenvalue weighted by Crippen LogP contribution is 2.32. The third-order valence-electron chi connectivity index (χ3n) is 6.07. The van der Waals surface area contributed by atoms with Gasteiger partial charge in [-0.25, -0.2) is 13.2 Å². The zero-order chi connectivity index (χ0) is 23.7. The van der Waals surface area contributed by atoms with Crippen molar-refractivity contribution in [2.45, 2.75) is 38.5 Å². The number of aromatic nitrogens is 3. The number of rotatable bonds is 7. The van der Waals surface area contributed by atoms with Gasteiger partial charge in [0.25, 0.3) is 6.43 Å². The van der Waals surface area contributed by atoms with E-state index in [9.17, 15) is 13.2 Å². The van der Waals surface area contributed by atoms with E-state index in [2.05, 4.69) is 25.4 Å². The minimum Gasteiger partial charge on any atom is -0.377 e. The van der Waals surface area contributed by atoms with Gasteiger partial charge in [0.1, 0.15) is 18.0 Å². The molecule has 0 bridgehead atoms. The number of aryl methyl sites for hydroxylation is 1. The average Bonchev–Trinajstić information content (AvgIpc) is 3.24. The summed E-state index contributed by atoms with van der Waals surface area (Å²) in [4.78, 5) is 6.70. The Bertz CT molecular complexity index is 1130. The van der Waals surface area contributed by atoms with Gasteiger partial charge in [-0.05, 0) is 19.9 Å². The van der Waals surface area contributed by atoms with Gasteiger partial charge in [-0.1, -0.05) is 18.2 Å². The predicted octanol–water partition coefficient (Wildman–Crippen LogP) is 4.43. The van der Waals surface area contributed by atoms with Crippen molar-refractivity contribution in [2.75, 3.05) is 37.5 Å². The van der Waals surface area contributed by atoms with E-state index in [1.807, 2.05) is 6.07 Å². The van der Waals surface area contributed by atoms with Crippen LogP contribution in [0.25, 0.3) is 10.9 Å². The molecule has 0 amide bonds. The molecule has 1 aromatic carbocycles. The maximum Gasteiger partial charge on any atom is 0.266 e. The van der Waals surface area contributed by atoms with Crippen molar-refractivity contribution in [1.82, 2.24) is 15.2 Å². The van der Waals surface area contributed by atoms with Gasteiger partial charge in [0.15, 0.2) is 5.82 Å². The largest absolute Gasteiger partial charge is 0.377 e. The lowest BCUT2D eigenvalue weighted by Crippen LogP contribution is -2.27. The Balaban J connectivity index is 1.68. The zero-order valence-electron chi connectivity index (χ0n) is 18.8. The summed E-state index contributed by atoms with van der Waals surface area (Å²) < 4.78 is 52.0. The number of methoxy groups -OCH3 is 2. The fourth-order valence-corrected chi connectivity index (χ4v) is 4.19. The summed E-state index contributed by atoms with van der Waals surface area (Å²) in [7, 11) is 3.31. The van der Waals surface area contributed by atoms with Gasteiger partial charge in [0, 0.05) is 38.3 Å². The highest BCUT2D eigenvalue weighted by atomic mass is 19.3. The molecule has 1 aliphatic heterocycles. The SMILES string of the molecule is COC1CN(c2cnc3c(C)nnc(N[C@H](C)c4cccc(C(F)F)c4F)c3c2)CC1OC. The molecular formula is C23H26F3N5O2. The van der Waals surface area contributed by atoms with Crippen LogP contribution in [0, 0.1) is 12.7 Å². The first-order chi connectivity index (χ1) is 15.8. The fraction of sp³-hybridized carbons (Fsp3) is 0.435. The summed E-state index contributed by atoms with van der Waals surface area (Å²) in [6.07, 6.45) is -1.26. The number of hydrogen-bond donors (Lipinski definition) is 1. The second kappa shape index (κ2) is 9.48. The van der Waals surface area contributed by atoms with E-state index in [1.54, 1.807) is 34.3 Å². The molecule has 1 fully saturated rings. The first-order valence-corrected chi connectivity index (χ1v) is 10.6. The van der Waals surface area contributed by atoms with Crippen molar-refractivity contribution in [3.05, 3.63) is 53.1 Å². The quantitative estimate of drug-likeness (QED) is 0.558. The van der Waals surface area contributed by atoms with Crippen LogP contribution in [0.15, 0.2) is 30.5 Å². The van der Waals surface area contributed by atoms with Crippen LogP contribution in [-0.2, 0) is 9.47 Å². The molecule has 1 saturated heterocycles. The topological polar surface area (TPSA) is 72.4 Å². The first kappa shape index (κ1) is 23.2. The summed E-state index contributed by atoms with van der Waals surface area (Å²) in [6, 6.07) is 5.30. The van der Waals surface area contributed by atoms with E-state index in [4.69, 9.17) is 9.47 Å². The molecule has 3 atom stereocenters. The van der Waals surface area contributed by atoms with Gasteiger partial charge < -0.3 is 19.7 Å². The van der Waals surface area contributed by atoms with Crippen LogP contribution in [0.1, 0.15) is 36.2 Å². The summed E-state index contributed by atoms with van der Waals surface area (Å²) in [5.74, 6) is -0.533. The zero-order valence-corrected chi connectivity index (χ0v) is 18.8. The second-order valence-corrected chi connectivity index (χ2v) is 8.09. The maximum atomic E-state index is 14.7. The maximum absolute atomic E-state index is 14.7. The molecule has 3 heterocycles. The molecule has 0 radical (unpaired) electrons. The number of nitrogens with zero attached hydrogens (tertiary/aromatic N) is 4. The number of nitrogens with one attached hydrogen (secondary N) is 1. The van der Waals surface area contributed by atoms with Crippen LogP contribution >= 0.6 is 0 Å². The molecular weight excluding hydrogens is 435 g/mol. The number of ether oxygens (including phenoxy) is 2. The predicted molar refractivity (Wildman–Crippen MR) is 119 cm³/mol. The molecule has 10 heteroatoms. The Labute approximate surface area is 189 Å². The molecule has 4 rings (SSSR count). The smallest absolute Gasteiger partial charge is 0.266 e. The minimum absolute atomic E-state index is 0.0642. The van der Waals surface area contributed by atoms with Crippen molar-refractivity contribution in [2.24, 2.45) is 0 Å². The molecule has 3 aromatic rings. The molecule has 2 unspecified atom stereocenters. The van der Waals surface area contributed by atoms with Gasteiger partial charge in [0.2, 0.25) is 0 Å². The molecule has 176 valence electrons. The fourth-order valence-electron chi connectivity index (χ4n) is 4.19. The molecule has 1 N–H and O–H groups in total. The van der Waals surface area contributed by atoms with Crippen LogP contribution < -0.4 is 10.2 Å². The standard InChI is InChI=1S/C23H26F3N5O2/c1-12(15-6-5-7-16(20(15)24)22(25)26)28-23-17-8-14(9-27-21(17)13(2)29-30-23)31-10-18(32-3)19(11-31)33-4/h5-9,12,18-19,22H,10-11H2,1-4H3,(H,28,30)/t12-,18?,19?/m1/s1. The lowest BCUT2D eigenvalue weighted by molar-refractivity contribution is -0.00461. The second-order valence-electron chi connectivity index (χ2n) is 8.09. The molecule has 0 aliphatic carbocycles. The minimum atomic E-state index is -2.89. The summed E-state index contributed by atoms with van der Waals surface area (Å²) in [6.45, 7) is 4.78. The first-order valence-electron chi connectivity index (χ1n) is 10.6. The Morgan fingerprint density at radius 3 is 2.39 bits per heavy atom. The molecule has 0 spiro atoms. The summed E-state index contributed by atoms with van der Waals surface area (Å²) in [5.41, 5.74) is 1.65. The van der Waals surface area contributed by atoms with Crippen LogP contribution in [0.4, 0.5) is 24.7 Å². The van der Waals surface area contributed by atoms with Crippen LogP contribution in [0.2, 0.25) is 0 Å². The lowest BCUT2D eigenvalue weighted by Gasteiger charge is -2.20. The number of alkyl halides is 2. The van der Waals surface area contributed by atoms with Gasteiger partial charge in [-0.2, -0.15) is 5.10 Å². The van der Waals surface area contributed by atoms with E-state index < -0.39 is 23.8 Å². The molecule has 2 aromatic heterocycles. The van der Waals surface area contributed by atoms with Gasteiger partial charge in [-0.15, -0.1) is 5.10 Å². The Morgan fingerprint density at radius 2 is 1.76 bits per heavy atom. The molecule has 7 nitrogen and oxygen atoms in total. The number of halogens is 3. The van der Waals surface area contributed by atoms with Crippen molar-refractivity contribution in [3.8, 4) is 0 Å². The normalized spacial score (nSPS) is 19.5. The van der Waals surface area contributed by atoms with E-state index in [1.165, 1.54) is 12.1 Å². The van der Waals surface area contributed by atoms with Gasteiger partial charge in [0.05, 0.1) is 34.7 Å². The van der Waals surface area contributed by atoms with Crippen molar-refractivity contribution >= 4 is 22.4 Å². The average molecular weight is 461 g/mol. The molecule has 0 saturated carbocycles. The number of fused-ring (bicyclic) bond motifs is 1. The number of benzene rings is 1. The lowest BCUT2D eigenvalue weighted by atomic mass is 10.0. The Kier molecular flexibility index (Phi) is 6.66. The third-order valence-corrected chi connectivity index (χ3v) is 6.07. The van der Waals surface area contributed by atoms with Crippen molar-refractivity contribution in [3.63, 3.8) is 0 Å². The Morgan fingerprint density at radius 1 is 1.09 bits per heavy atom. The van der Waals surface area contributed by atoms with E-state index in [0.29, 0.717) is 35.5 Å². The van der Waals surface area contributed by atoms with E-state index in [-0.39, 0.29) is 17.8 Å². The molecule has 33 heavy (non-hydrogen) atoms. The third kappa shape index (κ3) is 4.45. The Hall–Kier alpha value is -2.98. The highest BCUT2D eigenvalue weighted by molar-refractivity contribution is 5.92. The molecule has 1 aliphatic rings. The van der Waals surface area contributed by atoms with E-state index >= 15 is 0 Å². The van der Waals surface area contributed by atoms with Crippen LogP contribution in [0.5, 0.6) is 0 Å². The van der Waals surface area contributed by atoms with Crippen LogP contribution in [0.3, 0.4) is 0 Å². The monoisotopic (exact) mass is 461 g/mol.